The fourth-order valence-corrected chi connectivity index (χ4v) is 2.96. The lowest BCUT2D eigenvalue weighted by molar-refractivity contribution is 0.0420. The molecule has 1 heterocycles. The number of aryl methyl sites for hydroxylation is 1. The largest absolute Gasteiger partial charge is 0.379 e. The Labute approximate surface area is 181 Å². The molecule has 2 rings (SSSR count). The fraction of sp³-hybridized carbons (Fsp3) is 0.667. The number of nitrogens with one attached hydrogen (secondary N) is 2. The molecular formula is C21H36IN3O2. The molecule has 0 aliphatic carbocycles. The van der Waals surface area contributed by atoms with Crippen LogP contribution in [0.4, 0.5) is 0 Å². The maximum absolute atomic E-state index is 5.76. The minimum atomic E-state index is 0. The summed E-state index contributed by atoms with van der Waals surface area (Å²) in [7, 11) is 1.81. The van der Waals surface area contributed by atoms with Crippen molar-refractivity contribution in [2.75, 3.05) is 40.0 Å². The first-order valence-corrected chi connectivity index (χ1v) is 9.91. The summed E-state index contributed by atoms with van der Waals surface area (Å²) in [6.45, 7) is 8.59. The lowest BCUT2D eigenvalue weighted by Crippen LogP contribution is -2.38. The van der Waals surface area contributed by atoms with Crippen LogP contribution in [-0.4, -0.2) is 52.0 Å². The molecule has 0 spiro atoms. The summed E-state index contributed by atoms with van der Waals surface area (Å²) < 4.78 is 11.1. The van der Waals surface area contributed by atoms with Crippen LogP contribution in [0.15, 0.2) is 29.3 Å². The third-order valence-corrected chi connectivity index (χ3v) is 4.66. The molecule has 154 valence electrons. The average molecular weight is 489 g/mol. The topological polar surface area (TPSA) is 54.9 Å². The Morgan fingerprint density at radius 3 is 2.48 bits per heavy atom. The molecular weight excluding hydrogens is 453 g/mol. The zero-order valence-electron chi connectivity index (χ0n) is 17.0. The molecule has 27 heavy (non-hydrogen) atoms. The first kappa shape index (κ1) is 24.2. The van der Waals surface area contributed by atoms with Crippen LogP contribution in [0, 0.1) is 0 Å². The van der Waals surface area contributed by atoms with E-state index in [1.54, 1.807) is 0 Å². The van der Waals surface area contributed by atoms with Crippen molar-refractivity contribution in [3.63, 3.8) is 0 Å². The molecule has 0 radical (unpaired) electrons. The SMILES string of the molecule is CN=C(NCCCOC1CCOC1)NCCCc1ccc(C(C)C)cc1.I. The number of hydrogen-bond donors (Lipinski definition) is 2. The van der Waals surface area contributed by atoms with Crippen LogP contribution in [0.1, 0.15) is 50.2 Å². The van der Waals surface area contributed by atoms with Crippen molar-refractivity contribution >= 4 is 29.9 Å². The predicted octanol–water partition coefficient (Wildman–Crippen LogP) is 3.72. The van der Waals surface area contributed by atoms with Gasteiger partial charge in [0.25, 0.3) is 0 Å². The fourth-order valence-electron chi connectivity index (χ4n) is 2.96. The summed E-state index contributed by atoms with van der Waals surface area (Å²) in [6.07, 6.45) is 4.46. The highest BCUT2D eigenvalue weighted by Gasteiger charge is 2.15. The van der Waals surface area contributed by atoms with Gasteiger partial charge in [-0.2, -0.15) is 0 Å². The van der Waals surface area contributed by atoms with E-state index >= 15 is 0 Å². The van der Waals surface area contributed by atoms with E-state index in [1.807, 2.05) is 7.05 Å². The van der Waals surface area contributed by atoms with Gasteiger partial charge in [0, 0.05) is 33.4 Å². The van der Waals surface area contributed by atoms with E-state index in [4.69, 9.17) is 9.47 Å². The van der Waals surface area contributed by atoms with E-state index in [9.17, 15) is 0 Å². The van der Waals surface area contributed by atoms with Crippen LogP contribution in [-0.2, 0) is 15.9 Å². The number of ether oxygens (including phenoxy) is 2. The summed E-state index contributed by atoms with van der Waals surface area (Å²) in [6, 6.07) is 8.98. The van der Waals surface area contributed by atoms with Gasteiger partial charge in [-0.25, -0.2) is 0 Å². The van der Waals surface area contributed by atoms with Crippen molar-refractivity contribution in [2.45, 2.75) is 51.6 Å². The molecule has 1 aliphatic rings. The normalized spacial score (nSPS) is 17.0. The van der Waals surface area contributed by atoms with Gasteiger partial charge < -0.3 is 20.1 Å². The lowest BCUT2D eigenvalue weighted by atomic mass is 10.0. The van der Waals surface area contributed by atoms with Gasteiger partial charge in [-0.3, -0.25) is 4.99 Å². The Balaban J connectivity index is 0.00000364. The molecule has 0 saturated carbocycles. The minimum absolute atomic E-state index is 0. The van der Waals surface area contributed by atoms with Crippen molar-refractivity contribution in [1.29, 1.82) is 0 Å². The molecule has 1 aliphatic heterocycles. The van der Waals surface area contributed by atoms with Crippen molar-refractivity contribution in [1.82, 2.24) is 10.6 Å². The lowest BCUT2D eigenvalue weighted by Gasteiger charge is -2.13. The van der Waals surface area contributed by atoms with Gasteiger partial charge in [0.1, 0.15) is 0 Å². The predicted molar refractivity (Wildman–Crippen MR) is 123 cm³/mol. The van der Waals surface area contributed by atoms with Crippen LogP contribution in [0.25, 0.3) is 0 Å². The van der Waals surface area contributed by atoms with Crippen LogP contribution in [0.2, 0.25) is 0 Å². The molecule has 1 unspecified atom stereocenters. The molecule has 1 aromatic carbocycles. The third kappa shape index (κ3) is 9.76. The number of halogens is 1. The first-order chi connectivity index (χ1) is 12.7. The quantitative estimate of drug-likeness (QED) is 0.228. The average Bonchev–Trinajstić information content (AvgIpc) is 3.17. The van der Waals surface area contributed by atoms with E-state index in [0.717, 1.165) is 64.6 Å². The van der Waals surface area contributed by atoms with Gasteiger partial charge >= 0.3 is 0 Å². The van der Waals surface area contributed by atoms with Gasteiger partial charge in [0.2, 0.25) is 0 Å². The Bertz CT molecular complexity index is 529. The Hall–Kier alpha value is -0.860. The second-order valence-electron chi connectivity index (χ2n) is 7.14. The Morgan fingerprint density at radius 2 is 1.89 bits per heavy atom. The zero-order chi connectivity index (χ0) is 18.6. The molecule has 0 aromatic heterocycles. The zero-order valence-corrected chi connectivity index (χ0v) is 19.3. The van der Waals surface area contributed by atoms with Gasteiger partial charge in [-0.05, 0) is 42.7 Å². The smallest absolute Gasteiger partial charge is 0.190 e. The second-order valence-corrected chi connectivity index (χ2v) is 7.14. The molecule has 1 aromatic rings. The first-order valence-electron chi connectivity index (χ1n) is 9.91. The number of aliphatic imine (C=N–C) groups is 1. The highest BCUT2D eigenvalue weighted by molar-refractivity contribution is 14.0. The van der Waals surface area contributed by atoms with E-state index in [1.165, 1.54) is 11.1 Å². The maximum atomic E-state index is 5.76. The highest BCUT2D eigenvalue weighted by Crippen LogP contribution is 2.15. The molecule has 1 fully saturated rings. The minimum Gasteiger partial charge on any atom is -0.379 e. The standard InChI is InChI=1S/C21H35N3O2.HI/c1-17(2)19-9-7-18(8-10-19)6-4-12-23-21(22-3)24-13-5-14-26-20-11-15-25-16-20;/h7-10,17,20H,4-6,11-16H2,1-3H3,(H2,22,23,24);1H. The number of benzene rings is 1. The molecule has 0 bridgehead atoms. The number of rotatable bonds is 10. The second kappa shape index (κ2) is 14.2. The van der Waals surface area contributed by atoms with Crippen molar-refractivity contribution in [2.24, 2.45) is 4.99 Å². The molecule has 6 heteroatoms. The van der Waals surface area contributed by atoms with E-state index in [-0.39, 0.29) is 24.0 Å². The molecule has 2 N–H and O–H groups in total. The number of hydrogen-bond acceptors (Lipinski definition) is 3. The summed E-state index contributed by atoms with van der Waals surface area (Å²) in [4.78, 5) is 4.27. The van der Waals surface area contributed by atoms with Crippen LogP contribution >= 0.6 is 24.0 Å². The van der Waals surface area contributed by atoms with Gasteiger partial charge in [-0.15, -0.1) is 24.0 Å². The monoisotopic (exact) mass is 489 g/mol. The highest BCUT2D eigenvalue weighted by atomic mass is 127. The molecule has 5 nitrogen and oxygen atoms in total. The van der Waals surface area contributed by atoms with E-state index in [0.29, 0.717) is 12.0 Å². The molecule has 0 amide bonds. The summed E-state index contributed by atoms with van der Waals surface area (Å²) in [5.41, 5.74) is 2.80. The number of nitrogens with zero attached hydrogens (tertiary/aromatic N) is 1. The molecule has 1 atom stereocenters. The summed E-state index contributed by atoms with van der Waals surface area (Å²) in [5.74, 6) is 1.46. The van der Waals surface area contributed by atoms with Crippen LogP contribution in [0.5, 0.6) is 0 Å². The van der Waals surface area contributed by atoms with E-state index in [2.05, 4.69) is 53.7 Å². The van der Waals surface area contributed by atoms with Crippen LogP contribution < -0.4 is 10.6 Å². The van der Waals surface area contributed by atoms with Crippen LogP contribution in [0.3, 0.4) is 0 Å². The summed E-state index contributed by atoms with van der Waals surface area (Å²) >= 11 is 0. The van der Waals surface area contributed by atoms with Crippen molar-refractivity contribution in [3.8, 4) is 0 Å². The van der Waals surface area contributed by atoms with Gasteiger partial charge in [0.05, 0.1) is 12.7 Å². The van der Waals surface area contributed by atoms with Crippen molar-refractivity contribution < 1.29 is 9.47 Å². The van der Waals surface area contributed by atoms with E-state index < -0.39 is 0 Å². The Morgan fingerprint density at radius 1 is 1.19 bits per heavy atom. The van der Waals surface area contributed by atoms with Crippen molar-refractivity contribution in [3.05, 3.63) is 35.4 Å². The Kier molecular flexibility index (Phi) is 12.7. The van der Waals surface area contributed by atoms with Gasteiger partial charge in [-0.1, -0.05) is 38.1 Å². The molecule has 1 saturated heterocycles. The summed E-state index contributed by atoms with van der Waals surface area (Å²) in [5, 5.41) is 6.72. The third-order valence-electron chi connectivity index (χ3n) is 4.66. The van der Waals surface area contributed by atoms with Gasteiger partial charge in [0.15, 0.2) is 5.96 Å². The maximum Gasteiger partial charge on any atom is 0.190 e. The number of guanidine groups is 1.